The van der Waals surface area contributed by atoms with Gasteiger partial charge in [0.15, 0.2) is 5.78 Å². The van der Waals surface area contributed by atoms with Gasteiger partial charge in [-0.15, -0.1) is 0 Å². The molecule has 13 nitrogen and oxygen atoms in total. The van der Waals surface area contributed by atoms with Crippen molar-refractivity contribution in [3.05, 3.63) is 82.4 Å². The highest BCUT2D eigenvalue weighted by molar-refractivity contribution is 7.93. The van der Waals surface area contributed by atoms with E-state index in [0.717, 1.165) is 11.1 Å². The lowest BCUT2D eigenvalue weighted by Gasteiger charge is -2.28. The number of ether oxygens (including phenoxy) is 1. The summed E-state index contributed by atoms with van der Waals surface area (Å²) in [5.41, 5.74) is 4.32. The molecule has 0 bridgehead atoms. The highest BCUT2D eigenvalue weighted by Gasteiger charge is 2.50. The molecule has 54 heavy (non-hydrogen) atoms. The van der Waals surface area contributed by atoms with Gasteiger partial charge in [-0.05, 0) is 69.4 Å². The van der Waals surface area contributed by atoms with E-state index in [2.05, 4.69) is 26.1 Å². The molecule has 3 amide bonds. The fourth-order valence-electron chi connectivity index (χ4n) is 6.70. The third-order valence-corrected chi connectivity index (χ3v) is 11.6. The topological polar surface area (TPSA) is 178 Å². The normalized spacial score (nSPS) is 20.7. The van der Waals surface area contributed by atoms with Crippen molar-refractivity contribution in [2.24, 2.45) is 11.8 Å². The molecule has 0 aliphatic carbocycles. The van der Waals surface area contributed by atoms with Crippen LogP contribution in [0.1, 0.15) is 78.9 Å². The van der Waals surface area contributed by atoms with Gasteiger partial charge in [-0.2, -0.15) is 4.72 Å². The Hall–Kier alpha value is -4.11. The van der Waals surface area contributed by atoms with Gasteiger partial charge in [-0.1, -0.05) is 88.4 Å². The van der Waals surface area contributed by atoms with Gasteiger partial charge in [-0.3, -0.25) is 19.2 Å². The average Bonchev–Trinajstić information content (AvgIpc) is 3.80. The number of aryl methyl sites for hydroxylation is 1. The highest BCUT2D eigenvalue weighted by Crippen LogP contribution is 2.30. The largest absolute Gasteiger partial charge is 0.361 e. The number of rotatable bonds is 20. The Kier molecular flexibility index (Phi) is 14.6. The molecule has 0 spiro atoms. The zero-order valence-corrected chi connectivity index (χ0v) is 33.6. The summed E-state index contributed by atoms with van der Waals surface area (Å²) in [6, 6.07) is 13.9. The summed E-state index contributed by atoms with van der Waals surface area (Å²) in [7, 11) is -2.42. The molecule has 0 aromatic heterocycles. The third-order valence-electron chi connectivity index (χ3n) is 9.80. The van der Waals surface area contributed by atoms with Crippen LogP contribution in [0.15, 0.2) is 71.3 Å². The Bertz CT molecular complexity index is 1760. The lowest BCUT2D eigenvalue weighted by atomic mass is 9.93. The summed E-state index contributed by atoms with van der Waals surface area (Å²) < 4.78 is 35.7. The van der Waals surface area contributed by atoms with Crippen LogP contribution in [0.3, 0.4) is 0 Å². The molecule has 0 saturated carbocycles. The minimum atomic E-state index is -4.14. The van der Waals surface area contributed by atoms with Crippen molar-refractivity contribution < 1.29 is 32.3 Å². The number of nitrogens with zero attached hydrogens (tertiary/aromatic N) is 1. The number of carbonyl (C=O) groups is 4. The predicted molar refractivity (Wildman–Crippen MR) is 208 cm³/mol. The molecule has 2 aliphatic heterocycles. The number of allylic oxidation sites excluding steroid dienone is 1. The molecule has 1 fully saturated rings. The first-order chi connectivity index (χ1) is 25.4. The molecule has 0 radical (unpaired) electrons. The van der Waals surface area contributed by atoms with E-state index in [4.69, 9.17) is 4.74 Å². The van der Waals surface area contributed by atoms with Crippen LogP contribution in [0.2, 0.25) is 0 Å². The van der Waals surface area contributed by atoms with Gasteiger partial charge in [0.2, 0.25) is 27.7 Å². The summed E-state index contributed by atoms with van der Waals surface area (Å²) in [6.45, 7) is 13.1. The second-order valence-corrected chi connectivity index (χ2v) is 17.3. The van der Waals surface area contributed by atoms with E-state index >= 15 is 0 Å². The van der Waals surface area contributed by atoms with Crippen molar-refractivity contribution in [3.8, 4) is 0 Å². The number of carbonyl (C=O) groups excluding carboxylic acids is 4. The number of nitrogens with one attached hydrogen (secondary N) is 5. The van der Waals surface area contributed by atoms with Gasteiger partial charge >= 0.3 is 0 Å². The third kappa shape index (κ3) is 11.7. The molecule has 2 aromatic carbocycles. The summed E-state index contributed by atoms with van der Waals surface area (Å²) in [5.74, 6) is -1.98. The quantitative estimate of drug-likeness (QED) is 0.127. The highest BCUT2D eigenvalue weighted by atomic mass is 32.2. The van der Waals surface area contributed by atoms with Gasteiger partial charge < -0.3 is 25.7 Å². The van der Waals surface area contributed by atoms with E-state index < -0.39 is 63.6 Å². The standard InChI is InChI=1S/C40H58N6O7S/c1-25(2)21-32(36(47)40(7)24-53-40)41-39(50)34(23-30-17-13-10-14-18-30)43-38(49)33(22-26(3)4)42-37(48)31(20-19-29-15-11-9-12-16-29)45-54(51,52)35-27(5)44-46(8)28(35)6/h9-18,25-27,31-34,44-45H,19-24H2,1-8H3,(H,41,50)(H,42,48)(H,43,49)/t27?,31?,32?,33?,34-,40?/m0/s1. The van der Waals surface area contributed by atoms with Gasteiger partial charge in [0, 0.05) is 19.2 Å². The van der Waals surface area contributed by atoms with Crippen molar-refractivity contribution in [1.82, 2.24) is 31.1 Å². The Labute approximate surface area is 320 Å². The van der Waals surface area contributed by atoms with Crippen LogP contribution in [0, 0.1) is 11.8 Å². The van der Waals surface area contributed by atoms with E-state index in [-0.39, 0.29) is 48.4 Å². The molecule has 2 aromatic rings. The van der Waals surface area contributed by atoms with Crippen molar-refractivity contribution in [2.75, 3.05) is 13.7 Å². The van der Waals surface area contributed by atoms with Crippen LogP contribution in [-0.4, -0.2) is 86.4 Å². The fourth-order valence-corrected chi connectivity index (χ4v) is 8.47. The zero-order valence-electron chi connectivity index (χ0n) is 32.8. The number of ketones is 1. The maximum absolute atomic E-state index is 14.2. The van der Waals surface area contributed by atoms with Crippen molar-refractivity contribution >= 4 is 33.5 Å². The Morgan fingerprint density at radius 1 is 0.815 bits per heavy atom. The molecular formula is C40H58N6O7S. The number of epoxide rings is 1. The number of hydrazine groups is 1. The van der Waals surface area contributed by atoms with Crippen molar-refractivity contribution in [3.63, 3.8) is 0 Å². The molecule has 5 unspecified atom stereocenters. The minimum absolute atomic E-state index is 0.0528. The van der Waals surface area contributed by atoms with Crippen molar-refractivity contribution in [2.45, 2.75) is 116 Å². The number of hydrogen-bond acceptors (Lipinski definition) is 9. The molecule has 6 atom stereocenters. The van der Waals surface area contributed by atoms with E-state index in [9.17, 15) is 27.6 Å². The summed E-state index contributed by atoms with van der Waals surface area (Å²) in [4.78, 5) is 55.8. The molecule has 2 heterocycles. The molecule has 14 heteroatoms. The Balaban J connectivity index is 1.59. The number of benzene rings is 2. The predicted octanol–water partition coefficient (Wildman–Crippen LogP) is 3.12. The molecule has 1 saturated heterocycles. The average molecular weight is 767 g/mol. The van der Waals surface area contributed by atoms with Gasteiger partial charge in [-0.25, -0.2) is 13.8 Å². The monoisotopic (exact) mass is 766 g/mol. The van der Waals surface area contributed by atoms with Crippen LogP contribution in [0.5, 0.6) is 0 Å². The summed E-state index contributed by atoms with van der Waals surface area (Å²) in [6.07, 6.45) is 1.26. The lowest BCUT2D eigenvalue weighted by molar-refractivity contribution is -0.134. The van der Waals surface area contributed by atoms with E-state index in [1.165, 1.54) is 0 Å². The van der Waals surface area contributed by atoms with E-state index in [1.807, 2.05) is 88.4 Å². The molecule has 2 aliphatic rings. The summed E-state index contributed by atoms with van der Waals surface area (Å²) in [5, 5.41) is 10.2. The Morgan fingerprint density at radius 3 is 1.81 bits per heavy atom. The maximum atomic E-state index is 14.2. The number of hydrogen-bond donors (Lipinski definition) is 5. The number of amides is 3. The first-order valence-electron chi connectivity index (χ1n) is 18.8. The first kappa shape index (κ1) is 42.6. The Morgan fingerprint density at radius 2 is 1.30 bits per heavy atom. The van der Waals surface area contributed by atoms with Crippen LogP contribution in [0.25, 0.3) is 0 Å². The van der Waals surface area contributed by atoms with Crippen LogP contribution in [0.4, 0.5) is 0 Å². The SMILES string of the molecule is CC1=C(S(=O)(=O)NC(CCc2ccccc2)C(=O)NC(CC(C)C)C(=O)N[C@@H](Cc2ccccc2)C(=O)NC(CC(C)C)C(=O)C2(C)CO2)C(C)NN1C. The first-order valence-corrected chi connectivity index (χ1v) is 20.3. The molecule has 296 valence electrons. The van der Waals surface area contributed by atoms with Gasteiger partial charge in [0.05, 0.1) is 23.6 Å². The number of sulfonamides is 1. The second kappa shape index (κ2) is 18.5. The molecule has 4 rings (SSSR count). The number of Topliss-reactive ketones (excluding diaryl/α,β-unsaturated/α-hetero) is 1. The van der Waals surface area contributed by atoms with Crippen LogP contribution in [-0.2, 0) is 46.8 Å². The van der Waals surface area contributed by atoms with E-state index in [0.29, 0.717) is 18.5 Å². The zero-order chi connectivity index (χ0) is 39.8. The molecular weight excluding hydrogens is 709 g/mol. The fraction of sp³-hybridized carbons (Fsp3) is 0.550. The van der Waals surface area contributed by atoms with E-state index in [1.54, 1.807) is 32.8 Å². The maximum Gasteiger partial charge on any atom is 0.243 e. The van der Waals surface area contributed by atoms with Gasteiger partial charge in [0.25, 0.3) is 0 Å². The van der Waals surface area contributed by atoms with Crippen LogP contribution >= 0.6 is 0 Å². The minimum Gasteiger partial charge on any atom is -0.361 e. The second-order valence-electron chi connectivity index (χ2n) is 15.6. The summed E-state index contributed by atoms with van der Waals surface area (Å²) >= 11 is 0. The van der Waals surface area contributed by atoms with Gasteiger partial charge in [0.1, 0.15) is 23.7 Å². The lowest BCUT2D eigenvalue weighted by Crippen LogP contribution is -2.59. The van der Waals surface area contributed by atoms with Crippen LogP contribution < -0.4 is 26.1 Å². The smallest absolute Gasteiger partial charge is 0.243 e. The molecule has 5 N–H and O–H groups in total. The van der Waals surface area contributed by atoms with Crippen molar-refractivity contribution in [1.29, 1.82) is 0 Å².